The number of likely N-dealkylation sites (N-methyl/N-ethyl adjacent to an activating group) is 1. The lowest BCUT2D eigenvalue weighted by molar-refractivity contribution is 0.127. The molecule has 0 radical (unpaired) electrons. The van der Waals surface area contributed by atoms with Crippen LogP contribution in [0.4, 0.5) is 0 Å². The van der Waals surface area contributed by atoms with E-state index in [4.69, 9.17) is 0 Å². The third-order valence-corrected chi connectivity index (χ3v) is 5.05. The lowest BCUT2D eigenvalue weighted by Crippen LogP contribution is -2.39. The Kier molecular flexibility index (Phi) is 5.42. The highest BCUT2D eigenvalue weighted by Gasteiger charge is 2.32. The van der Waals surface area contributed by atoms with Crippen LogP contribution in [0.3, 0.4) is 0 Å². The minimum Gasteiger partial charge on any atom is -0.396 e. The second-order valence-corrected chi connectivity index (χ2v) is 7.24. The Bertz CT molecular complexity index is 422. The molecule has 0 bridgehead atoms. The molecule has 118 valence electrons. The molecule has 1 fully saturated rings. The predicted molar refractivity (Wildman–Crippen MR) is 88.5 cm³/mol. The van der Waals surface area contributed by atoms with Gasteiger partial charge in [0.2, 0.25) is 0 Å². The van der Waals surface area contributed by atoms with Crippen LogP contribution in [-0.2, 0) is 0 Å². The van der Waals surface area contributed by atoms with E-state index >= 15 is 0 Å². The van der Waals surface area contributed by atoms with Crippen molar-refractivity contribution in [2.45, 2.75) is 45.2 Å². The summed E-state index contributed by atoms with van der Waals surface area (Å²) >= 11 is 0. The van der Waals surface area contributed by atoms with Gasteiger partial charge in [0.15, 0.2) is 0 Å². The van der Waals surface area contributed by atoms with Crippen molar-refractivity contribution >= 4 is 0 Å². The first-order valence-electron chi connectivity index (χ1n) is 8.03. The molecule has 1 aromatic rings. The molecule has 1 aliphatic rings. The molecule has 1 aromatic carbocycles. The zero-order chi connectivity index (χ0) is 15.5. The van der Waals surface area contributed by atoms with Crippen molar-refractivity contribution in [1.29, 1.82) is 0 Å². The van der Waals surface area contributed by atoms with Gasteiger partial charge in [-0.1, -0.05) is 44.2 Å². The van der Waals surface area contributed by atoms with Crippen molar-refractivity contribution in [1.82, 2.24) is 10.2 Å². The summed E-state index contributed by atoms with van der Waals surface area (Å²) in [4.78, 5) is 2.41. The summed E-state index contributed by atoms with van der Waals surface area (Å²) in [6.07, 6.45) is 1.21. The van der Waals surface area contributed by atoms with E-state index in [-0.39, 0.29) is 12.0 Å². The maximum Gasteiger partial charge on any atom is 0.0488 e. The maximum absolute atomic E-state index is 9.77. The van der Waals surface area contributed by atoms with E-state index in [0.717, 1.165) is 13.1 Å². The Labute approximate surface area is 129 Å². The minimum atomic E-state index is -0.121. The molecule has 1 aliphatic heterocycles. The lowest BCUT2D eigenvalue weighted by Gasteiger charge is -2.34. The van der Waals surface area contributed by atoms with E-state index in [1.54, 1.807) is 0 Å². The third-order valence-electron chi connectivity index (χ3n) is 5.05. The number of hydrogen-bond donors (Lipinski definition) is 2. The van der Waals surface area contributed by atoms with Gasteiger partial charge in [-0.25, -0.2) is 0 Å². The second-order valence-electron chi connectivity index (χ2n) is 7.24. The average molecular weight is 290 g/mol. The van der Waals surface area contributed by atoms with Crippen LogP contribution in [0.5, 0.6) is 0 Å². The lowest BCUT2D eigenvalue weighted by atomic mass is 9.75. The second kappa shape index (κ2) is 6.91. The summed E-state index contributed by atoms with van der Waals surface area (Å²) in [6, 6.07) is 11.8. The van der Waals surface area contributed by atoms with Gasteiger partial charge >= 0.3 is 0 Å². The number of benzene rings is 1. The first kappa shape index (κ1) is 16.5. The van der Waals surface area contributed by atoms with Gasteiger partial charge in [0.1, 0.15) is 0 Å². The molecule has 1 saturated heterocycles. The van der Waals surface area contributed by atoms with E-state index in [1.807, 2.05) is 6.07 Å². The van der Waals surface area contributed by atoms with Gasteiger partial charge in [-0.2, -0.15) is 0 Å². The SMILES string of the molecule is C[C@@H]1C[C@H](NC[C@H](c2ccccc2)C(C)(C)CO)CN1C. The first-order valence-corrected chi connectivity index (χ1v) is 8.03. The highest BCUT2D eigenvalue weighted by atomic mass is 16.3. The molecule has 3 heteroatoms. The minimum absolute atomic E-state index is 0.121. The zero-order valence-electron chi connectivity index (χ0n) is 13.8. The molecule has 0 unspecified atom stereocenters. The molecule has 0 aliphatic carbocycles. The molecule has 0 aromatic heterocycles. The molecule has 2 N–H and O–H groups in total. The number of likely N-dealkylation sites (tertiary alicyclic amines) is 1. The molecule has 0 saturated carbocycles. The van der Waals surface area contributed by atoms with Crippen molar-refractivity contribution in [3.05, 3.63) is 35.9 Å². The molecule has 21 heavy (non-hydrogen) atoms. The molecule has 3 atom stereocenters. The smallest absolute Gasteiger partial charge is 0.0488 e. The fraction of sp³-hybridized carbons (Fsp3) is 0.667. The number of aliphatic hydroxyl groups is 1. The van der Waals surface area contributed by atoms with Crippen LogP contribution in [0.15, 0.2) is 30.3 Å². The van der Waals surface area contributed by atoms with Gasteiger partial charge in [-0.05, 0) is 31.4 Å². The fourth-order valence-electron chi connectivity index (χ4n) is 3.27. The largest absolute Gasteiger partial charge is 0.396 e. The normalized spacial score (nSPS) is 25.2. The first-order chi connectivity index (χ1) is 9.94. The van der Waals surface area contributed by atoms with E-state index in [0.29, 0.717) is 18.0 Å². The third kappa shape index (κ3) is 4.06. The Balaban J connectivity index is 2.04. The Morgan fingerprint density at radius 1 is 1.33 bits per heavy atom. The van der Waals surface area contributed by atoms with Crippen LogP contribution >= 0.6 is 0 Å². The fourth-order valence-corrected chi connectivity index (χ4v) is 3.27. The summed E-state index contributed by atoms with van der Waals surface area (Å²) in [5, 5.41) is 13.5. The van der Waals surface area contributed by atoms with Crippen molar-refractivity contribution < 1.29 is 5.11 Å². The highest BCUT2D eigenvalue weighted by molar-refractivity contribution is 5.22. The molecule has 1 heterocycles. The standard InChI is InChI=1S/C18H30N2O/c1-14-10-16(12-20(14)4)19-11-17(18(2,3)13-21)15-8-6-5-7-9-15/h5-9,14,16-17,19,21H,10-13H2,1-4H3/t14-,16+,17-/m1/s1. The predicted octanol–water partition coefficient (Wildman–Crippen LogP) is 2.47. The van der Waals surface area contributed by atoms with Gasteiger partial charge in [-0.15, -0.1) is 0 Å². The maximum atomic E-state index is 9.77. The number of nitrogens with one attached hydrogen (secondary N) is 1. The molecule has 2 rings (SSSR count). The topological polar surface area (TPSA) is 35.5 Å². The van der Waals surface area contributed by atoms with Crippen LogP contribution in [0.1, 0.15) is 38.7 Å². The quantitative estimate of drug-likeness (QED) is 0.845. The molecule has 3 nitrogen and oxygen atoms in total. The zero-order valence-corrected chi connectivity index (χ0v) is 13.8. The summed E-state index contributed by atoms with van der Waals surface area (Å²) in [5.74, 6) is 0.324. The van der Waals surface area contributed by atoms with E-state index in [1.165, 1.54) is 12.0 Å². The number of aliphatic hydroxyl groups excluding tert-OH is 1. The summed E-state index contributed by atoms with van der Waals surface area (Å²) in [7, 11) is 2.19. The number of nitrogens with zero attached hydrogens (tertiary/aromatic N) is 1. The average Bonchev–Trinajstić information content (AvgIpc) is 2.79. The van der Waals surface area contributed by atoms with Crippen molar-refractivity contribution in [2.24, 2.45) is 5.41 Å². The van der Waals surface area contributed by atoms with Gasteiger partial charge < -0.3 is 15.3 Å². The van der Waals surface area contributed by atoms with Gasteiger partial charge in [-0.3, -0.25) is 0 Å². The van der Waals surface area contributed by atoms with Gasteiger partial charge in [0, 0.05) is 37.7 Å². The molecular formula is C18H30N2O. The Morgan fingerprint density at radius 2 is 2.00 bits per heavy atom. The monoisotopic (exact) mass is 290 g/mol. The number of rotatable bonds is 6. The highest BCUT2D eigenvalue weighted by Crippen LogP contribution is 2.34. The van der Waals surface area contributed by atoms with Crippen LogP contribution in [0.2, 0.25) is 0 Å². The van der Waals surface area contributed by atoms with Crippen LogP contribution in [-0.4, -0.2) is 48.8 Å². The summed E-state index contributed by atoms with van der Waals surface area (Å²) in [5.41, 5.74) is 1.19. The van der Waals surface area contributed by atoms with Crippen molar-refractivity contribution in [3.63, 3.8) is 0 Å². The van der Waals surface area contributed by atoms with E-state index in [2.05, 4.69) is 62.3 Å². The molecule has 0 spiro atoms. The number of hydrogen-bond acceptors (Lipinski definition) is 3. The van der Waals surface area contributed by atoms with Crippen LogP contribution < -0.4 is 5.32 Å². The Hall–Kier alpha value is -0.900. The summed E-state index contributed by atoms with van der Waals surface area (Å²) < 4.78 is 0. The van der Waals surface area contributed by atoms with E-state index in [9.17, 15) is 5.11 Å². The van der Waals surface area contributed by atoms with Crippen LogP contribution in [0, 0.1) is 5.41 Å². The summed E-state index contributed by atoms with van der Waals surface area (Å²) in [6.45, 7) is 8.82. The van der Waals surface area contributed by atoms with Crippen molar-refractivity contribution in [2.75, 3.05) is 26.7 Å². The van der Waals surface area contributed by atoms with Gasteiger partial charge in [0.25, 0.3) is 0 Å². The van der Waals surface area contributed by atoms with Crippen LogP contribution in [0.25, 0.3) is 0 Å². The Morgan fingerprint density at radius 3 is 2.52 bits per heavy atom. The van der Waals surface area contributed by atoms with Crippen molar-refractivity contribution in [3.8, 4) is 0 Å². The van der Waals surface area contributed by atoms with E-state index < -0.39 is 0 Å². The molecular weight excluding hydrogens is 260 g/mol. The molecule has 0 amide bonds. The van der Waals surface area contributed by atoms with Gasteiger partial charge in [0.05, 0.1) is 0 Å².